The largest absolute Gasteiger partial charge is 0.305 e. The van der Waals surface area contributed by atoms with Crippen molar-refractivity contribution >= 4 is 50.9 Å². The molecule has 0 amide bonds. The number of rotatable bonds is 2. The monoisotopic (exact) mass is 375 g/mol. The smallest absolute Gasteiger partial charge is 0.0227 e. The van der Waals surface area contributed by atoms with Gasteiger partial charge in [-0.3, -0.25) is 0 Å². The maximum absolute atomic E-state index is 2.16. The lowest BCUT2D eigenvalue weighted by molar-refractivity contribution is 0.402. The molecule has 0 aliphatic heterocycles. The van der Waals surface area contributed by atoms with Gasteiger partial charge in [-0.2, -0.15) is 0 Å². The molecule has 0 saturated heterocycles. The number of benzene rings is 1. The van der Waals surface area contributed by atoms with E-state index in [0.29, 0.717) is 0 Å². The minimum atomic E-state index is 0. The molecule has 13 heavy (non-hydrogen) atoms. The molecule has 1 aromatic carbocycles. The van der Waals surface area contributed by atoms with E-state index >= 15 is 0 Å². The molecule has 0 unspecified atom stereocenters. The molecule has 0 aliphatic rings. The van der Waals surface area contributed by atoms with E-state index < -0.39 is 0 Å². The van der Waals surface area contributed by atoms with Crippen LogP contribution in [-0.4, -0.2) is 19.0 Å². The molecule has 0 aliphatic carbocycles. The summed E-state index contributed by atoms with van der Waals surface area (Å²) in [6.07, 6.45) is 0. The third kappa shape index (κ3) is 8.94. The Labute approximate surface area is 112 Å². The molecular weight excluding hydrogens is 362 g/mol. The summed E-state index contributed by atoms with van der Waals surface area (Å²) < 4.78 is 0. The molecule has 1 aromatic rings. The van der Waals surface area contributed by atoms with Crippen molar-refractivity contribution in [2.24, 2.45) is 0 Å². The van der Waals surface area contributed by atoms with Gasteiger partial charge in [0.1, 0.15) is 0 Å². The van der Waals surface area contributed by atoms with Crippen LogP contribution in [0.5, 0.6) is 0 Å². The van der Waals surface area contributed by atoms with Gasteiger partial charge in [0.25, 0.3) is 0 Å². The molecule has 0 saturated carbocycles. The average Bonchev–Trinajstić information content (AvgIpc) is 1.88. The highest BCUT2D eigenvalue weighted by Crippen LogP contribution is 1.99. The number of hydrogen-bond donors (Lipinski definition) is 0. The van der Waals surface area contributed by atoms with Crippen molar-refractivity contribution < 1.29 is 0 Å². The van der Waals surface area contributed by atoms with Gasteiger partial charge < -0.3 is 4.90 Å². The fourth-order valence-corrected chi connectivity index (χ4v) is 0.949. The maximum Gasteiger partial charge on any atom is 0.0227 e. The van der Waals surface area contributed by atoms with E-state index in [4.69, 9.17) is 0 Å². The number of nitrogens with zero attached hydrogens (tertiary/aromatic N) is 1. The van der Waals surface area contributed by atoms with Crippen molar-refractivity contribution in [3.05, 3.63) is 35.9 Å². The first-order valence-electron chi connectivity index (χ1n) is 3.47. The molecule has 0 atom stereocenters. The number of hydrogen-bond acceptors (Lipinski definition) is 1. The Morgan fingerprint density at radius 2 is 1.38 bits per heavy atom. The summed E-state index contributed by atoms with van der Waals surface area (Å²) in [5, 5.41) is 0. The zero-order chi connectivity index (χ0) is 7.40. The van der Waals surface area contributed by atoms with E-state index in [-0.39, 0.29) is 50.9 Å². The summed E-state index contributed by atoms with van der Waals surface area (Å²) in [4.78, 5) is 2.16. The fraction of sp³-hybridized carbons (Fsp3) is 0.333. The molecule has 78 valence electrons. The Hall–Kier alpha value is 0.620. The van der Waals surface area contributed by atoms with E-state index in [9.17, 15) is 0 Å². The lowest BCUT2D eigenvalue weighted by Crippen LogP contribution is -2.10. The van der Waals surface area contributed by atoms with Crippen molar-refractivity contribution in [3.8, 4) is 0 Å². The van der Waals surface area contributed by atoms with Gasteiger partial charge >= 0.3 is 0 Å². The molecule has 0 N–H and O–H groups in total. The summed E-state index contributed by atoms with van der Waals surface area (Å²) in [6, 6.07) is 10.5. The molecule has 0 bridgehead atoms. The van der Waals surface area contributed by atoms with Crippen LogP contribution in [0.2, 0.25) is 0 Å². The minimum absolute atomic E-state index is 0. The second kappa shape index (κ2) is 10.7. The highest BCUT2D eigenvalue weighted by atomic mass is 79.9. The molecule has 0 fully saturated rings. The zero-order valence-corrected chi connectivity index (χ0v) is 12.9. The summed E-state index contributed by atoms with van der Waals surface area (Å²) in [5.41, 5.74) is 1.37. The third-order valence-electron chi connectivity index (χ3n) is 1.34. The third-order valence-corrected chi connectivity index (χ3v) is 1.34. The van der Waals surface area contributed by atoms with E-state index in [2.05, 4.69) is 43.3 Å². The summed E-state index contributed by atoms with van der Waals surface area (Å²) in [5.74, 6) is 0. The van der Waals surface area contributed by atoms with Crippen molar-refractivity contribution in [2.45, 2.75) is 6.54 Å². The van der Waals surface area contributed by atoms with Crippen molar-refractivity contribution in [1.29, 1.82) is 0 Å². The first-order valence-corrected chi connectivity index (χ1v) is 3.47. The highest BCUT2D eigenvalue weighted by Gasteiger charge is 1.90. The second-order valence-corrected chi connectivity index (χ2v) is 2.72. The predicted molar refractivity (Wildman–Crippen MR) is 74.8 cm³/mol. The lowest BCUT2D eigenvalue weighted by Gasteiger charge is -2.08. The van der Waals surface area contributed by atoms with Gasteiger partial charge in [0.2, 0.25) is 0 Å². The summed E-state index contributed by atoms with van der Waals surface area (Å²) >= 11 is 0. The van der Waals surface area contributed by atoms with Crippen molar-refractivity contribution in [1.82, 2.24) is 4.90 Å². The van der Waals surface area contributed by atoms with E-state index in [1.807, 2.05) is 6.07 Å². The maximum atomic E-state index is 2.16. The van der Waals surface area contributed by atoms with Crippen LogP contribution in [0.4, 0.5) is 0 Å². The molecule has 0 radical (unpaired) electrons. The van der Waals surface area contributed by atoms with Gasteiger partial charge in [0.05, 0.1) is 0 Å². The van der Waals surface area contributed by atoms with Gasteiger partial charge in [0, 0.05) is 6.54 Å². The van der Waals surface area contributed by atoms with Crippen LogP contribution in [0, 0.1) is 0 Å². The van der Waals surface area contributed by atoms with Crippen molar-refractivity contribution in [2.75, 3.05) is 14.1 Å². The van der Waals surface area contributed by atoms with Crippen LogP contribution in [-0.2, 0) is 6.54 Å². The van der Waals surface area contributed by atoms with Gasteiger partial charge in [0.15, 0.2) is 0 Å². The van der Waals surface area contributed by atoms with Gasteiger partial charge in [-0.25, -0.2) is 0 Å². The summed E-state index contributed by atoms with van der Waals surface area (Å²) in [7, 11) is 4.15. The van der Waals surface area contributed by atoms with E-state index in [1.54, 1.807) is 0 Å². The Balaban J connectivity index is -0.000000333. The predicted octanol–water partition coefficient (Wildman–Crippen LogP) is 3.48. The molecular formula is C9H16Br3N. The topological polar surface area (TPSA) is 3.24 Å². The SMILES string of the molecule is Br.Br.Br.CN(C)Cc1ccccc1. The lowest BCUT2D eigenvalue weighted by atomic mass is 10.2. The standard InChI is InChI=1S/C9H13N.3BrH/c1-10(2)8-9-6-4-3-5-7-9;;;/h3-7H,8H2,1-2H3;3*1H. The highest BCUT2D eigenvalue weighted by molar-refractivity contribution is 8.93. The minimum Gasteiger partial charge on any atom is -0.305 e. The Morgan fingerprint density at radius 1 is 0.923 bits per heavy atom. The van der Waals surface area contributed by atoms with Crippen LogP contribution in [0.1, 0.15) is 5.56 Å². The molecule has 0 aromatic heterocycles. The molecule has 4 heteroatoms. The van der Waals surface area contributed by atoms with Crippen LogP contribution in [0.15, 0.2) is 30.3 Å². The normalized spacial score (nSPS) is 7.92. The van der Waals surface area contributed by atoms with Gasteiger partial charge in [-0.15, -0.1) is 50.9 Å². The Kier molecular flexibility index (Phi) is 15.8. The van der Waals surface area contributed by atoms with Gasteiger partial charge in [-0.1, -0.05) is 30.3 Å². The molecule has 1 nitrogen and oxygen atoms in total. The molecule has 0 heterocycles. The van der Waals surface area contributed by atoms with Crippen LogP contribution in [0.25, 0.3) is 0 Å². The van der Waals surface area contributed by atoms with E-state index in [0.717, 1.165) is 6.54 Å². The quantitative estimate of drug-likeness (QED) is 0.762. The first-order chi connectivity index (χ1) is 4.79. The average molecular weight is 378 g/mol. The fourth-order valence-electron chi connectivity index (χ4n) is 0.949. The molecule has 0 spiro atoms. The van der Waals surface area contributed by atoms with Crippen LogP contribution >= 0.6 is 50.9 Å². The Bertz CT molecular complexity index is 189. The van der Waals surface area contributed by atoms with E-state index in [1.165, 1.54) is 5.56 Å². The van der Waals surface area contributed by atoms with Crippen LogP contribution in [0.3, 0.4) is 0 Å². The van der Waals surface area contributed by atoms with Crippen molar-refractivity contribution in [3.63, 3.8) is 0 Å². The first kappa shape index (κ1) is 19.2. The Morgan fingerprint density at radius 3 is 1.77 bits per heavy atom. The second-order valence-electron chi connectivity index (χ2n) is 2.72. The summed E-state index contributed by atoms with van der Waals surface area (Å²) in [6.45, 7) is 1.03. The molecule has 1 rings (SSSR count). The van der Waals surface area contributed by atoms with Gasteiger partial charge in [-0.05, 0) is 19.7 Å². The zero-order valence-electron chi connectivity index (χ0n) is 7.77. The number of halogens is 3. The van der Waals surface area contributed by atoms with Crippen LogP contribution < -0.4 is 0 Å².